The van der Waals surface area contributed by atoms with Crippen molar-refractivity contribution in [3.05, 3.63) is 45.3 Å². The number of aromatic nitrogens is 1. The highest BCUT2D eigenvalue weighted by molar-refractivity contribution is 7.91. The maximum absolute atomic E-state index is 13.4. The molecule has 5 nitrogen and oxygen atoms in total. The molecule has 2 heterocycles. The van der Waals surface area contributed by atoms with Crippen LogP contribution in [-0.4, -0.2) is 30.8 Å². The zero-order chi connectivity index (χ0) is 18.9. The van der Waals surface area contributed by atoms with E-state index in [9.17, 15) is 17.6 Å². The van der Waals surface area contributed by atoms with Crippen LogP contribution in [0.3, 0.4) is 0 Å². The van der Waals surface area contributed by atoms with Gasteiger partial charge in [-0.1, -0.05) is 11.6 Å². The number of hydrogen-bond donors (Lipinski definition) is 1. The summed E-state index contributed by atoms with van der Waals surface area (Å²) in [5, 5.41) is 4.57. The van der Waals surface area contributed by atoms with Gasteiger partial charge in [0.05, 0.1) is 22.2 Å². The molecule has 26 heavy (non-hydrogen) atoms. The monoisotopic (exact) mass is 416 g/mol. The van der Waals surface area contributed by atoms with Crippen molar-refractivity contribution < 1.29 is 17.6 Å². The summed E-state index contributed by atoms with van der Waals surface area (Å²) in [4.78, 5) is 16.8. The lowest BCUT2D eigenvalue weighted by atomic mass is 10.0. The summed E-state index contributed by atoms with van der Waals surface area (Å²) >= 11 is 7.20. The van der Waals surface area contributed by atoms with Crippen LogP contribution in [0.4, 0.5) is 9.39 Å². The van der Waals surface area contributed by atoms with Gasteiger partial charge in [-0.25, -0.2) is 17.8 Å². The lowest BCUT2D eigenvalue weighted by molar-refractivity contribution is -0.120. The largest absolute Gasteiger partial charge is 0.316 e. The van der Waals surface area contributed by atoms with Crippen LogP contribution >= 0.6 is 22.9 Å². The van der Waals surface area contributed by atoms with Gasteiger partial charge in [0.15, 0.2) is 0 Å². The first-order chi connectivity index (χ1) is 12.2. The predicted octanol–water partition coefficient (Wildman–Crippen LogP) is 3.60. The van der Waals surface area contributed by atoms with Gasteiger partial charge >= 0.3 is 0 Å². The normalized spacial score (nSPS) is 17.2. The lowest BCUT2D eigenvalue weighted by Gasteiger charge is -2.20. The van der Waals surface area contributed by atoms with Crippen LogP contribution < -0.4 is 5.32 Å². The van der Waals surface area contributed by atoms with E-state index >= 15 is 0 Å². The molecule has 0 unspecified atom stereocenters. The molecule has 1 aliphatic rings. The highest BCUT2D eigenvalue weighted by atomic mass is 35.5. The highest BCUT2D eigenvalue weighted by Gasteiger charge is 2.29. The van der Waals surface area contributed by atoms with Crippen molar-refractivity contribution in [3.8, 4) is 0 Å². The average Bonchev–Trinajstić information content (AvgIpc) is 2.85. The van der Waals surface area contributed by atoms with Gasteiger partial charge in [-0.2, -0.15) is 0 Å². The molecule has 1 N–H and O–H groups in total. The number of carbonyl (C=O) groups excluding carboxylic acids is 1. The Bertz CT molecular complexity index is 909. The van der Waals surface area contributed by atoms with Crippen LogP contribution in [-0.2, 0) is 21.1 Å². The molecule has 0 spiro atoms. The second kappa shape index (κ2) is 7.62. The van der Waals surface area contributed by atoms with E-state index in [4.69, 9.17) is 11.6 Å². The van der Waals surface area contributed by atoms with Gasteiger partial charge in [0.1, 0.15) is 20.7 Å². The van der Waals surface area contributed by atoms with Crippen molar-refractivity contribution >= 4 is 43.7 Å². The first-order valence-corrected chi connectivity index (χ1v) is 11.2. The van der Waals surface area contributed by atoms with Crippen molar-refractivity contribution in [3.63, 3.8) is 0 Å². The Hall–Kier alpha value is -1.51. The first kappa shape index (κ1) is 19.3. The second-order valence-electron chi connectivity index (χ2n) is 6.39. The lowest BCUT2D eigenvalue weighted by Crippen LogP contribution is -2.31. The van der Waals surface area contributed by atoms with E-state index in [2.05, 4.69) is 10.3 Å². The molecule has 1 saturated heterocycles. The third-order valence-corrected chi connectivity index (χ3v) is 7.29. The SMILES string of the molecule is Cc1nc(Cc2cc(F)cc(Cl)c2)sc1NC(=O)C1CCS(=O)(=O)CC1. The van der Waals surface area contributed by atoms with Crippen molar-refractivity contribution in [1.82, 2.24) is 4.98 Å². The molecule has 0 radical (unpaired) electrons. The van der Waals surface area contributed by atoms with Crippen molar-refractivity contribution in [1.29, 1.82) is 0 Å². The number of amides is 1. The number of aryl methyl sites for hydroxylation is 1. The first-order valence-electron chi connectivity index (χ1n) is 8.14. The summed E-state index contributed by atoms with van der Waals surface area (Å²) in [7, 11) is -3.00. The minimum Gasteiger partial charge on any atom is -0.316 e. The third-order valence-electron chi connectivity index (χ3n) is 4.28. The molecule has 0 aliphatic carbocycles. The number of rotatable bonds is 4. The van der Waals surface area contributed by atoms with Crippen LogP contribution in [0.1, 0.15) is 29.1 Å². The number of halogens is 2. The fourth-order valence-electron chi connectivity index (χ4n) is 2.90. The molecule has 1 amide bonds. The molecule has 140 valence electrons. The number of sulfone groups is 1. The van der Waals surface area contributed by atoms with Crippen molar-refractivity contribution in [2.75, 3.05) is 16.8 Å². The van der Waals surface area contributed by atoms with Gasteiger partial charge in [-0.15, -0.1) is 11.3 Å². The van der Waals surface area contributed by atoms with Crippen molar-refractivity contribution in [2.24, 2.45) is 5.92 Å². The number of benzene rings is 1. The molecule has 3 rings (SSSR count). The van der Waals surface area contributed by atoms with E-state index in [1.165, 1.54) is 23.5 Å². The molecule has 2 aromatic rings. The summed E-state index contributed by atoms with van der Waals surface area (Å²) in [6.45, 7) is 1.79. The Balaban J connectivity index is 1.67. The van der Waals surface area contributed by atoms with Gasteiger partial charge in [-0.3, -0.25) is 4.79 Å². The Morgan fingerprint density at radius 3 is 2.69 bits per heavy atom. The van der Waals surface area contributed by atoms with Gasteiger partial charge in [0, 0.05) is 17.4 Å². The summed E-state index contributed by atoms with van der Waals surface area (Å²) in [5.74, 6) is -0.768. The molecule has 1 aliphatic heterocycles. The number of nitrogens with zero attached hydrogens (tertiary/aromatic N) is 1. The van der Waals surface area contributed by atoms with Gasteiger partial charge in [0.25, 0.3) is 0 Å². The fraction of sp³-hybridized carbons (Fsp3) is 0.412. The topological polar surface area (TPSA) is 76.1 Å². The third kappa shape index (κ3) is 4.81. The molecule has 0 atom stereocenters. The molecular formula is C17H18ClFN2O3S2. The van der Waals surface area contributed by atoms with E-state index in [1.54, 1.807) is 13.0 Å². The Morgan fingerprint density at radius 2 is 2.04 bits per heavy atom. The van der Waals surface area contributed by atoms with Crippen LogP contribution in [0.25, 0.3) is 0 Å². The van der Waals surface area contributed by atoms with E-state index in [1.807, 2.05) is 0 Å². The summed E-state index contributed by atoms with van der Waals surface area (Å²) in [5.41, 5.74) is 1.39. The number of nitrogens with one attached hydrogen (secondary N) is 1. The van der Waals surface area contributed by atoms with Gasteiger partial charge in [0.2, 0.25) is 5.91 Å². The summed E-state index contributed by atoms with van der Waals surface area (Å²) < 4.78 is 36.4. The zero-order valence-corrected chi connectivity index (χ0v) is 16.5. The molecule has 0 bridgehead atoms. The molecule has 9 heteroatoms. The summed E-state index contributed by atoms with van der Waals surface area (Å²) in [6.07, 6.45) is 1.11. The Labute approximate surface area is 160 Å². The predicted molar refractivity (Wildman–Crippen MR) is 101 cm³/mol. The number of hydrogen-bond acceptors (Lipinski definition) is 5. The Kier molecular flexibility index (Phi) is 5.64. The average molecular weight is 417 g/mol. The highest BCUT2D eigenvalue weighted by Crippen LogP contribution is 2.28. The molecular weight excluding hydrogens is 399 g/mol. The van der Waals surface area contributed by atoms with E-state index in [0.29, 0.717) is 40.5 Å². The van der Waals surface area contributed by atoms with Crippen molar-refractivity contribution in [2.45, 2.75) is 26.2 Å². The maximum Gasteiger partial charge on any atom is 0.228 e. The number of carbonyl (C=O) groups is 1. The number of anilines is 1. The van der Waals surface area contributed by atoms with Crippen LogP contribution in [0, 0.1) is 18.7 Å². The number of thiazole rings is 1. The van der Waals surface area contributed by atoms with Crippen LogP contribution in [0.2, 0.25) is 5.02 Å². The van der Waals surface area contributed by atoms with E-state index in [-0.39, 0.29) is 23.3 Å². The quantitative estimate of drug-likeness (QED) is 0.826. The van der Waals surface area contributed by atoms with Gasteiger partial charge in [-0.05, 0) is 43.5 Å². The molecule has 1 fully saturated rings. The standard InChI is InChI=1S/C17H18ClFN2O3S2/c1-10-17(21-16(22)12-2-4-26(23,24)5-3-12)25-15(20-10)8-11-6-13(18)9-14(19)7-11/h6-7,9,12H,2-5,8H2,1H3,(H,21,22). The second-order valence-corrected chi connectivity index (χ2v) is 10.2. The fourth-order valence-corrected chi connectivity index (χ4v) is 5.64. The van der Waals surface area contributed by atoms with E-state index in [0.717, 1.165) is 5.01 Å². The smallest absolute Gasteiger partial charge is 0.228 e. The molecule has 1 aromatic carbocycles. The summed E-state index contributed by atoms with van der Waals surface area (Å²) in [6, 6.07) is 4.33. The van der Waals surface area contributed by atoms with Crippen LogP contribution in [0.5, 0.6) is 0 Å². The Morgan fingerprint density at radius 1 is 1.35 bits per heavy atom. The van der Waals surface area contributed by atoms with Gasteiger partial charge < -0.3 is 5.32 Å². The molecule has 0 saturated carbocycles. The minimum absolute atomic E-state index is 0.0539. The minimum atomic E-state index is -3.00. The molecule has 1 aromatic heterocycles. The van der Waals surface area contributed by atoms with Crippen LogP contribution in [0.15, 0.2) is 18.2 Å². The van der Waals surface area contributed by atoms with E-state index < -0.39 is 15.7 Å². The maximum atomic E-state index is 13.4. The zero-order valence-electron chi connectivity index (χ0n) is 14.1.